The molecule has 1 aromatic carbocycles. The highest BCUT2D eigenvalue weighted by Crippen LogP contribution is 2.31. The molecule has 2 rings (SSSR count). The van der Waals surface area contributed by atoms with Crippen molar-refractivity contribution in [3.63, 3.8) is 0 Å². The van der Waals surface area contributed by atoms with Crippen LogP contribution >= 0.6 is 0 Å². The zero-order chi connectivity index (χ0) is 9.80. The Balaban J connectivity index is 2.28. The second-order valence-electron chi connectivity index (χ2n) is 2.95. The van der Waals surface area contributed by atoms with Crippen LogP contribution in [0.5, 0.6) is 11.5 Å². The van der Waals surface area contributed by atoms with E-state index in [-0.39, 0.29) is 0 Å². The zero-order valence-electron chi connectivity index (χ0n) is 7.62. The van der Waals surface area contributed by atoms with Crippen LogP contribution in [0.4, 0.5) is 5.69 Å². The summed E-state index contributed by atoms with van der Waals surface area (Å²) >= 11 is 0. The van der Waals surface area contributed by atoms with Gasteiger partial charge >= 0.3 is 0 Å². The van der Waals surface area contributed by atoms with Gasteiger partial charge in [-0.1, -0.05) is 0 Å². The van der Waals surface area contributed by atoms with Gasteiger partial charge in [-0.05, 0) is 12.1 Å². The summed E-state index contributed by atoms with van der Waals surface area (Å²) in [7, 11) is 0. The molecule has 0 atom stereocenters. The van der Waals surface area contributed by atoms with Crippen LogP contribution in [0.1, 0.15) is 6.42 Å². The third kappa shape index (κ3) is 1.72. The highest BCUT2D eigenvalue weighted by atomic mass is 16.5. The average molecular weight is 190 g/mol. The minimum atomic E-state index is 0.656. The summed E-state index contributed by atoms with van der Waals surface area (Å²) in [6, 6.07) is 5.36. The summed E-state index contributed by atoms with van der Waals surface area (Å²) < 4.78 is 10.9. The zero-order valence-corrected chi connectivity index (χ0v) is 7.62. The first kappa shape index (κ1) is 8.70. The van der Waals surface area contributed by atoms with Crippen LogP contribution in [0.2, 0.25) is 0 Å². The molecule has 72 valence electrons. The topological polar surface area (TPSA) is 54.3 Å². The molecule has 0 saturated carbocycles. The molecular weight excluding hydrogens is 180 g/mol. The van der Waals surface area contributed by atoms with Crippen molar-refractivity contribution >= 4 is 5.69 Å². The van der Waals surface area contributed by atoms with E-state index in [9.17, 15) is 0 Å². The van der Waals surface area contributed by atoms with E-state index in [1.807, 2.05) is 6.19 Å². The normalized spacial score (nSPS) is 13.9. The fraction of sp³-hybridized carbons (Fsp3) is 0.300. The smallest absolute Gasteiger partial charge is 0.181 e. The molecule has 4 heteroatoms. The predicted molar refractivity (Wildman–Crippen MR) is 51.3 cm³/mol. The molecule has 0 saturated heterocycles. The SMILES string of the molecule is N#CNc1ccc2c(c1)OCCCO2. The van der Waals surface area contributed by atoms with Crippen molar-refractivity contribution in [1.29, 1.82) is 5.26 Å². The van der Waals surface area contributed by atoms with Crippen LogP contribution in [0.3, 0.4) is 0 Å². The number of nitriles is 1. The molecule has 14 heavy (non-hydrogen) atoms. The number of ether oxygens (including phenoxy) is 2. The number of nitrogens with one attached hydrogen (secondary N) is 1. The molecule has 1 N–H and O–H groups in total. The molecule has 0 aromatic heterocycles. The van der Waals surface area contributed by atoms with Crippen LogP contribution in [-0.4, -0.2) is 13.2 Å². The molecule has 0 radical (unpaired) electrons. The largest absolute Gasteiger partial charge is 0.490 e. The number of rotatable bonds is 1. The Labute approximate surface area is 82.1 Å². The summed E-state index contributed by atoms with van der Waals surface area (Å²) in [4.78, 5) is 0. The van der Waals surface area contributed by atoms with Crippen molar-refractivity contribution < 1.29 is 9.47 Å². The summed E-state index contributed by atoms with van der Waals surface area (Å²) in [5.74, 6) is 1.44. The molecule has 1 aliphatic heterocycles. The molecule has 0 amide bonds. The van der Waals surface area contributed by atoms with E-state index in [4.69, 9.17) is 14.7 Å². The Morgan fingerprint density at radius 2 is 2.00 bits per heavy atom. The van der Waals surface area contributed by atoms with Gasteiger partial charge in [-0.3, -0.25) is 5.32 Å². The van der Waals surface area contributed by atoms with Crippen molar-refractivity contribution in [2.24, 2.45) is 0 Å². The van der Waals surface area contributed by atoms with Crippen molar-refractivity contribution in [2.45, 2.75) is 6.42 Å². The number of fused-ring (bicyclic) bond motifs is 1. The van der Waals surface area contributed by atoms with Crippen LogP contribution in [0.25, 0.3) is 0 Å². The predicted octanol–water partition coefficient (Wildman–Crippen LogP) is 1.74. The first-order valence-electron chi connectivity index (χ1n) is 4.45. The summed E-state index contributed by atoms with van der Waals surface area (Å²) in [6.07, 6.45) is 2.74. The molecule has 4 nitrogen and oxygen atoms in total. The fourth-order valence-corrected chi connectivity index (χ4v) is 1.31. The lowest BCUT2D eigenvalue weighted by Crippen LogP contribution is -1.97. The maximum absolute atomic E-state index is 8.45. The molecule has 0 aliphatic carbocycles. The van der Waals surface area contributed by atoms with Crippen LogP contribution in [0, 0.1) is 11.5 Å². The van der Waals surface area contributed by atoms with Crippen LogP contribution < -0.4 is 14.8 Å². The van der Waals surface area contributed by atoms with E-state index in [2.05, 4.69) is 5.32 Å². The quantitative estimate of drug-likeness (QED) is 0.541. The number of hydrogen-bond donors (Lipinski definition) is 1. The van der Waals surface area contributed by atoms with Crippen molar-refractivity contribution in [3.05, 3.63) is 18.2 Å². The lowest BCUT2D eigenvalue weighted by molar-refractivity contribution is 0.297. The molecular formula is C10H10N2O2. The van der Waals surface area contributed by atoms with Gasteiger partial charge in [0.2, 0.25) is 0 Å². The standard InChI is InChI=1S/C10H10N2O2/c11-7-12-8-2-3-9-10(6-8)14-5-1-4-13-9/h2-3,6,12H,1,4-5H2. The highest BCUT2D eigenvalue weighted by molar-refractivity contribution is 5.56. The van der Waals surface area contributed by atoms with Gasteiger partial charge in [-0.15, -0.1) is 0 Å². The van der Waals surface area contributed by atoms with E-state index in [0.29, 0.717) is 19.0 Å². The Kier molecular flexibility index (Phi) is 2.41. The molecule has 1 heterocycles. The Morgan fingerprint density at radius 1 is 1.21 bits per heavy atom. The number of hydrogen-bond acceptors (Lipinski definition) is 4. The molecule has 0 spiro atoms. The van der Waals surface area contributed by atoms with E-state index in [1.54, 1.807) is 18.2 Å². The van der Waals surface area contributed by atoms with E-state index in [0.717, 1.165) is 17.9 Å². The van der Waals surface area contributed by atoms with Gasteiger partial charge < -0.3 is 9.47 Å². The minimum absolute atomic E-state index is 0.656. The third-order valence-electron chi connectivity index (χ3n) is 1.95. The average Bonchev–Trinajstić information content (AvgIpc) is 2.42. The van der Waals surface area contributed by atoms with E-state index >= 15 is 0 Å². The van der Waals surface area contributed by atoms with Gasteiger partial charge in [0, 0.05) is 12.5 Å². The van der Waals surface area contributed by atoms with E-state index in [1.165, 1.54) is 0 Å². The molecule has 0 unspecified atom stereocenters. The maximum atomic E-state index is 8.45. The Bertz CT molecular complexity index is 371. The van der Waals surface area contributed by atoms with Gasteiger partial charge in [0.15, 0.2) is 17.7 Å². The van der Waals surface area contributed by atoms with Crippen molar-refractivity contribution in [3.8, 4) is 17.7 Å². The minimum Gasteiger partial charge on any atom is -0.490 e. The van der Waals surface area contributed by atoms with Crippen molar-refractivity contribution in [1.82, 2.24) is 0 Å². The second-order valence-corrected chi connectivity index (χ2v) is 2.95. The van der Waals surface area contributed by atoms with Crippen molar-refractivity contribution in [2.75, 3.05) is 18.5 Å². The first-order chi connectivity index (χ1) is 6.90. The van der Waals surface area contributed by atoms with Gasteiger partial charge in [-0.25, -0.2) is 0 Å². The summed E-state index contributed by atoms with van der Waals surface area (Å²) in [5.41, 5.74) is 0.719. The lowest BCUT2D eigenvalue weighted by atomic mass is 10.3. The van der Waals surface area contributed by atoms with Crippen LogP contribution in [0.15, 0.2) is 18.2 Å². The third-order valence-corrected chi connectivity index (χ3v) is 1.95. The van der Waals surface area contributed by atoms with Gasteiger partial charge in [0.05, 0.1) is 18.9 Å². The molecule has 0 fully saturated rings. The summed E-state index contributed by atoms with van der Waals surface area (Å²) in [5, 5.41) is 11.0. The summed E-state index contributed by atoms with van der Waals surface area (Å²) in [6.45, 7) is 1.33. The van der Waals surface area contributed by atoms with E-state index < -0.39 is 0 Å². The van der Waals surface area contributed by atoms with Crippen LogP contribution in [-0.2, 0) is 0 Å². The fourth-order valence-electron chi connectivity index (χ4n) is 1.31. The van der Waals surface area contributed by atoms with Gasteiger partial charge in [0.1, 0.15) is 0 Å². The molecule has 1 aromatic rings. The molecule has 0 bridgehead atoms. The Morgan fingerprint density at radius 3 is 2.79 bits per heavy atom. The number of anilines is 1. The van der Waals surface area contributed by atoms with Gasteiger partial charge in [-0.2, -0.15) is 5.26 Å². The maximum Gasteiger partial charge on any atom is 0.181 e. The number of nitrogens with zero attached hydrogens (tertiary/aromatic N) is 1. The van der Waals surface area contributed by atoms with Gasteiger partial charge in [0.25, 0.3) is 0 Å². The monoisotopic (exact) mass is 190 g/mol. The highest BCUT2D eigenvalue weighted by Gasteiger charge is 2.09. The molecule has 1 aliphatic rings. The number of benzene rings is 1. The Hall–Kier alpha value is -1.89. The first-order valence-corrected chi connectivity index (χ1v) is 4.45. The lowest BCUT2D eigenvalue weighted by Gasteiger charge is -2.07. The second kappa shape index (κ2) is 3.88.